The molecule has 3 aromatic rings. The third kappa shape index (κ3) is 3.94. The van der Waals surface area contributed by atoms with Crippen molar-refractivity contribution in [2.24, 2.45) is 0 Å². The number of likely N-dealkylation sites (N-methyl/N-ethyl adjacent to an activating group) is 1. The van der Waals surface area contributed by atoms with E-state index in [1.807, 2.05) is 73.5 Å². The summed E-state index contributed by atoms with van der Waals surface area (Å²) in [6.45, 7) is 2.98. The molecule has 1 amide bonds. The number of amides is 1. The maximum Gasteiger partial charge on any atom is 0.239 e. The molecule has 0 spiro atoms. The van der Waals surface area contributed by atoms with E-state index in [4.69, 9.17) is 4.98 Å². The van der Waals surface area contributed by atoms with Crippen LogP contribution in [0.15, 0.2) is 54.6 Å². The number of nitrogens with one attached hydrogen (secondary N) is 1. The number of nitrogens with zero attached hydrogens (tertiary/aromatic N) is 3. The van der Waals surface area contributed by atoms with Gasteiger partial charge in [0.05, 0.1) is 12.1 Å². The minimum absolute atomic E-state index is 0.00620. The minimum Gasteiger partial charge on any atom is -0.355 e. The highest BCUT2D eigenvalue weighted by Crippen LogP contribution is 2.26. The van der Waals surface area contributed by atoms with Gasteiger partial charge in [-0.1, -0.05) is 49.4 Å². The largest absolute Gasteiger partial charge is 0.355 e. The van der Waals surface area contributed by atoms with Crippen LogP contribution in [0.4, 0.5) is 5.82 Å². The van der Waals surface area contributed by atoms with E-state index >= 15 is 0 Å². The number of benzene rings is 2. The molecule has 128 valence electrons. The second-order valence-corrected chi connectivity index (χ2v) is 5.96. The maximum absolute atomic E-state index is 12.1. The Labute approximate surface area is 147 Å². The number of rotatable bonds is 6. The predicted octanol–water partition coefficient (Wildman–Crippen LogP) is 3.26. The van der Waals surface area contributed by atoms with Crippen LogP contribution in [-0.2, 0) is 4.79 Å². The molecule has 1 N–H and O–H groups in total. The van der Waals surface area contributed by atoms with Crippen LogP contribution < -0.4 is 10.2 Å². The number of hydrogen-bond donors (Lipinski definition) is 1. The molecule has 1 heterocycles. The van der Waals surface area contributed by atoms with Crippen LogP contribution >= 0.6 is 0 Å². The van der Waals surface area contributed by atoms with E-state index in [0.29, 0.717) is 12.4 Å². The van der Waals surface area contributed by atoms with E-state index in [-0.39, 0.29) is 12.5 Å². The van der Waals surface area contributed by atoms with Crippen molar-refractivity contribution >= 4 is 22.6 Å². The van der Waals surface area contributed by atoms with Crippen molar-refractivity contribution in [1.82, 2.24) is 15.3 Å². The van der Waals surface area contributed by atoms with Gasteiger partial charge < -0.3 is 10.2 Å². The molecule has 1 aromatic heterocycles. The summed E-state index contributed by atoms with van der Waals surface area (Å²) in [5.74, 6) is 1.42. The zero-order valence-electron chi connectivity index (χ0n) is 14.6. The first-order chi connectivity index (χ1) is 12.2. The smallest absolute Gasteiger partial charge is 0.239 e. The van der Waals surface area contributed by atoms with Crippen LogP contribution in [0, 0.1) is 0 Å². The van der Waals surface area contributed by atoms with E-state index in [1.54, 1.807) is 0 Å². The lowest BCUT2D eigenvalue weighted by molar-refractivity contribution is -0.119. The van der Waals surface area contributed by atoms with Gasteiger partial charge in [0, 0.05) is 24.5 Å². The van der Waals surface area contributed by atoms with Crippen LogP contribution in [0.3, 0.4) is 0 Å². The van der Waals surface area contributed by atoms with Crippen LogP contribution in [0.1, 0.15) is 13.3 Å². The second-order valence-electron chi connectivity index (χ2n) is 5.96. The Morgan fingerprint density at radius 1 is 1.04 bits per heavy atom. The van der Waals surface area contributed by atoms with Crippen molar-refractivity contribution in [3.63, 3.8) is 0 Å². The van der Waals surface area contributed by atoms with Gasteiger partial charge in [-0.05, 0) is 18.6 Å². The summed E-state index contributed by atoms with van der Waals surface area (Å²) >= 11 is 0. The first-order valence-corrected chi connectivity index (χ1v) is 8.49. The summed E-state index contributed by atoms with van der Waals surface area (Å²) in [6.07, 6.45) is 0.921. The Kier molecular flexibility index (Phi) is 5.23. The molecule has 0 aliphatic heterocycles. The van der Waals surface area contributed by atoms with Crippen molar-refractivity contribution in [1.29, 1.82) is 0 Å². The number of carbonyl (C=O) groups excluding carboxylic acids is 1. The highest BCUT2D eigenvalue weighted by atomic mass is 16.2. The van der Waals surface area contributed by atoms with Crippen molar-refractivity contribution < 1.29 is 4.79 Å². The van der Waals surface area contributed by atoms with E-state index in [0.717, 1.165) is 28.7 Å². The zero-order chi connectivity index (χ0) is 17.6. The Hall–Kier alpha value is -2.95. The number of hydrogen-bond acceptors (Lipinski definition) is 4. The van der Waals surface area contributed by atoms with Crippen LogP contribution in [-0.4, -0.2) is 36.0 Å². The van der Waals surface area contributed by atoms with E-state index in [2.05, 4.69) is 10.3 Å². The Bertz CT molecular complexity index is 864. The molecule has 5 nitrogen and oxygen atoms in total. The van der Waals surface area contributed by atoms with Gasteiger partial charge in [-0.15, -0.1) is 0 Å². The summed E-state index contributed by atoms with van der Waals surface area (Å²) in [5.41, 5.74) is 1.82. The molecule has 3 rings (SSSR count). The topological polar surface area (TPSA) is 58.1 Å². The molecule has 0 saturated heterocycles. The van der Waals surface area contributed by atoms with Gasteiger partial charge in [-0.25, -0.2) is 9.97 Å². The highest BCUT2D eigenvalue weighted by Gasteiger charge is 2.14. The molecule has 0 fully saturated rings. The molecular formula is C20H22N4O. The summed E-state index contributed by atoms with van der Waals surface area (Å²) in [7, 11) is 1.88. The number of anilines is 1. The Morgan fingerprint density at radius 3 is 2.52 bits per heavy atom. The third-order valence-electron chi connectivity index (χ3n) is 3.93. The summed E-state index contributed by atoms with van der Waals surface area (Å²) in [4.78, 5) is 23.4. The quantitative estimate of drug-likeness (QED) is 0.752. The average Bonchev–Trinajstić information content (AvgIpc) is 2.66. The molecule has 0 aliphatic rings. The third-order valence-corrected chi connectivity index (χ3v) is 3.93. The van der Waals surface area contributed by atoms with Gasteiger partial charge >= 0.3 is 0 Å². The van der Waals surface area contributed by atoms with E-state index in [9.17, 15) is 4.79 Å². The van der Waals surface area contributed by atoms with E-state index < -0.39 is 0 Å². The molecule has 25 heavy (non-hydrogen) atoms. The van der Waals surface area contributed by atoms with Gasteiger partial charge in [-0.2, -0.15) is 0 Å². The molecule has 0 radical (unpaired) electrons. The lowest BCUT2D eigenvalue weighted by Crippen LogP contribution is -2.36. The summed E-state index contributed by atoms with van der Waals surface area (Å²) < 4.78 is 0. The van der Waals surface area contributed by atoms with Crippen LogP contribution in [0.2, 0.25) is 0 Å². The Morgan fingerprint density at radius 2 is 1.76 bits per heavy atom. The molecule has 0 bridgehead atoms. The van der Waals surface area contributed by atoms with Gasteiger partial charge in [0.1, 0.15) is 5.82 Å². The van der Waals surface area contributed by atoms with Crippen molar-refractivity contribution in [3.05, 3.63) is 54.6 Å². The number of aromatic nitrogens is 2. The predicted molar refractivity (Wildman–Crippen MR) is 102 cm³/mol. The molecule has 0 saturated carbocycles. The molecule has 0 unspecified atom stereocenters. The fourth-order valence-corrected chi connectivity index (χ4v) is 2.68. The maximum atomic E-state index is 12.1. The molecular weight excluding hydrogens is 312 g/mol. The van der Waals surface area contributed by atoms with Gasteiger partial charge in [-0.3, -0.25) is 4.79 Å². The lowest BCUT2D eigenvalue weighted by Gasteiger charge is -2.20. The monoisotopic (exact) mass is 334 g/mol. The van der Waals surface area contributed by atoms with Crippen LogP contribution in [0.25, 0.3) is 22.3 Å². The van der Waals surface area contributed by atoms with Crippen molar-refractivity contribution in [3.8, 4) is 11.4 Å². The van der Waals surface area contributed by atoms with Gasteiger partial charge in [0.15, 0.2) is 5.82 Å². The minimum atomic E-state index is -0.00620. The first kappa shape index (κ1) is 16.9. The standard InChI is InChI=1S/C20H22N4O/c1-3-13-21-18(25)14-24(2)20-16-11-7-8-12-17(16)22-19(23-20)15-9-5-4-6-10-15/h4-12H,3,13-14H2,1-2H3,(H,21,25). The fourth-order valence-electron chi connectivity index (χ4n) is 2.68. The summed E-state index contributed by atoms with van der Waals surface area (Å²) in [5, 5.41) is 3.84. The number of carbonyl (C=O) groups is 1. The highest BCUT2D eigenvalue weighted by molar-refractivity contribution is 5.92. The molecule has 2 aromatic carbocycles. The summed E-state index contributed by atoms with van der Waals surface area (Å²) in [6, 6.07) is 17.8. The van der Waals surface area contributed by atoms with Crippen molar-refractivity contribution in [2.75, 3.05) is 25.0 Å². The Balaban J connectivity index is 1.99. The first-order valence-electron chi connectivity index (χ1n) is 8.49. The lowest BCUT2D eigenvalue weighted by atomic mass is 10.2. The molecule has 0 atom stereocenters. The van der Waals surface area contributed by atoms with E-state index in [1.165, 1.54) is 0 Å². The average molecular weight is 334 g/mol. The van der Waals surface area contributed by atoms with Crippen molar-refractivity contribution in [2.45, 2.75) is 13.3 Å². The second kappa shape index (κ2) is 7.75. The van der Waals surface area contributed by atoms with Crippen LogP contribution in [0.5, 0.6) is 0 Å². The van der Waals surface area contributed by atoms with Gasteiger partial charge in [0.25, 0.3) is 0 Å². The normalized spacial score (nSPS) is 10.6. The fraction of sp³-hybridized carbons (Fsp3) is 0.250. The molecule has 5 heteroatoms. The number of para-hydroxylation sites is 1. The SMILES string of the molecule is CCCNC(=O)CN(C)c1nc(-c2ccccc2)nc2ccccc12. The molecule has 0 aliphatic carbocycles. The number of fused-ring (bicyclic) bond motifs is 1. The zero-order valence-corrected chi connectivity index (χ0v) is 14.6. The van der Waals surface area contributed by atoms with Gasteiger partial charge in [0.2, 0.25) is 5.91 Å².